The smallest absolute Gasteiger partial charge is 0.484 e. The lowest BCUT2D eigenvalue weighted by molar-refractivity contribution is -0.352. The molecular weight excluding hydrogens is 457 g/mol. The SMILES string of the molecule is O=C(COc1ccc(F)c(F)c1)N[C@H]1CC[C@H](c2nnc(C3CC(OC(F)(F)F)C3)o2)OC1. The highest BCUT2D eigenvalue weighted by Crippen LogP contribution is 2.41. The number of benzene rings is 1. The van der Waals surface area contributed by atoms with Crippen molar-refractivity contribution in [1.82, 2.24) is 15.5 Å². The summed E-state index contributed by atoms with van der Waals surface area (Å²) in [4.78, 5) is 12.0. The zero-order valence-electron chi connectivity index (χ0n) is 17.1. The normalized spacial score (nSPS) is 25.4. The molecule has 0 radical (unpaired) electrons. The van der Waals surface area contributed by atoms with Crippen molar-refractivity contribution >= 4 is 5.91 Å². The lowest BCUT2D eigenvalue weighted by Crippen LogP contribution is -2.43. The molecule has 180 valence electrons. The van der Waals surface area contributed by atoms with E-state index < -0.39 is 36.1 Å². The minimum Gasteiger partial charge on any atom is -0.484 e. The van der Waals surface area contributed by atoms with Crippen LogP contribution in [0.2, 0.25) is 0 Å². The molecule has 0 spiro atoms. The third-order valence-corrected chi connectivity index (χ3v) is 5.38. The van der Waals surface area contributed by atoms with Gasteiger partial charge in [-0.15, -0.1) is 23.4 Å². The van der Waals surface area contributed by atoms with E-state index in [0.29, 0.717) is 12.8 Å². The van der Waals surface area contributed by atoms with Gasteiger partial charge in [0.25, 0.3) is 5.91 Å². The first-order chi connectivity index (χ1) is 15.7. The number of hydrogen-bond donors (Lipinski definition) is 1. The Morgan fingerprint density at radius 1 is 1.12 bits per heavy atom. The maximum atomic E-state index is 13.2. The topological polar surface area (TPSA) is 95.7 Å². The van der Waals surface area contributed by atoms with Gasteiger partial charge in [0.1, 0.15) is 11.9 Å². The predicted octanol–water partition coefficient (Wildman–Crippen LogP) is 3.55. The lowest BCUT2D eigenvalue weighted by Gasteiger charge is -2.33. The van der Waals surface area contributed by atoms with Crippen LogP contribution in [0.25, 0.3) is 0 Å². The molecule has 1 aliphatic carbocycles. The number of carbonyl (C=O) groups excluding carboxylic acids is 1. The van der Waals surface area contributed by atoms with Gasteiger partial charge in [0.2, 0.25) is 11.8 Å². The van der Waals surface area contributed by atoms with E-state index in [1.54, 1.807) is 0 Å². The first-order valence-corrected chi connectivity index (χ1v) is 10.2. The number of hydrogen-bond acceptors (Lipinski definition) is 7. The summed E-state index contributed by atoms with van der Waals surface area (Å²) in [7, 11) is 0. The first kappa shape index (κ1) is 23.4. The number of amides is 1. The van der Waals surface area contributed by atoms with Gasteiger partial charge in [-0.05, 0) is 37.8 Å². The standard InChI is InChI=1S/C20H20F5N3O5/c21-14-3-2-12(7-15(14)22)30-9-17(29)26-11-1-4-16(31-8-11)19-28-27-18(32-19)10-5-13(6-10)33-20(23,24)25/h2-3,7,10-11,13,16H,1,4-6,8-9H2,(H,26,29)/t10?,11-,13?,16+/m0/s1. The zero-order chi connectivity index (χ0) is 23.6. The predicted molar refractivity (Wildman–Crippen MR) is 98.9 cm³/mol. The number of alkyl halides is 3. The summed E-state index contributed by atoms with van der Waals surface area (Å²) >= 11 is 0. The van der Waals surface area contributed by atoms with E-state index in [4.69, 9.17) is 13.9 Å². The number of carbonyl (C=O) groups is 1. The molecule has 0 unspecified atom stereocenters. The van der Waals surface area contributed by atoms with Gasteiger partial charge in [-0.2, -0.15) is 0 Å². The Hall–Kier alpha value is -2.80. The van der Waals surface area contributed by atoms with Gasteiger partial charge in [0.05, 0.1) is 18.8 Å². The second-order valence-electron chi connectivity index (χ2n) is 7.86. The van der Waals surface area contributed by atoms with E-state index in [9.17, 15) is 26.7 Å². The Labute approximate surface area is 184 Å². The molecule has 2 heterocycles. The number of rotatable bonds is 7. The Kier molecular flexibility index (Phi) is 6.79. The molecule has 1 saturated heterocycles. The zero-order valence-corrected chi connectivity index (χ0v) is 17.1. The summed E-state index contributed by atoms with van der Waals surface area (Å²) < 4.78 is 83.1. The molecule has 1 aromatic carbocycles. The van der Waals surface area contributed by atoms with Gasteiger partial charge in [0, 0.05) is 12.0 Å². The van der Waals surface area contributed by atoms with Crippen molar-refractivity contribution in [2.75, 3.05) is 13.2 Å². The van der Waals surface area contributed by atoms with Crippen LogP contribution in [0.4, 0.5) is 22.0 Å². The number of aromatic nitrogens is 2. The van der Waals surface area contributed by atoms with Crippen LogP contribution in [0.1, 0.15) is 49.5 Å². The molecule has 13 heteroatoms. The average molecular weight is 477 g/mol. The van der Waals surface area contributed by atoms with Crippen LogP contribution < -0.4 is 10.1 Å². The summed E-state index contributed by atoms with van der Waals surface area (Å²) in [5, 5.41) is 10.6. The summed E-state index contributed by atoms with van der Waals surface area (Å²) in [5.41, 5.74) is 0. The summed E-state index contributed by atoms with van der Waals surface area (Å²) in [6.45, 7) is -0.206. The molecule has 2 atom stereocenters. The highest BCUT2D eigenvalue weighted by molar-refractivity contribution is 5.77. The van der Waals surface area contributed by atoms with Gasteiger partial charge in [0.15, 0.2) is 18.2 Å². The van der Waals surface area contributed by atoms with Crippen LogP contribution in [0.5, 0.6) is 5.75 Å². The molecule has 2 fully saturated rings. The molecular formula is C20H20F5N3O5. The van der Waals surface area contributed by atoms with Crippen molar-refractivity contribution in [3.63, 3.8) is 0 Å². The summed E-state index contributed by atoms with van der Waals surface area (Å²) in [6.07, 6.45) is -4.75. The highest BCUT2D eigenvalue weighted by Gasteiger charge is 2.42. The van der Waals surface area contributed by atoms with Crippen LogP contribution >= 0.6 is 0 Å². The molecule has 1 amide bonds. The quantitative estimate of drug-likeness (QED) is 0.610. The molecule has 4 rings (SSSR count). The fourth-order valence-electron chi connectivity index (χ4n) is 3.64. The Morgan fingerprint density at radius 2 is 1.88 bits per heavy atom. The molecule has 1 aromatic heterocycles. The Morgan fingerprint density at radius 3 is 2.55 bits per heavy atom. The first-order valence-electron chi connectivity index (χ1n) is 10.2. The van der Waals surface area contributed by atoms with Crippen molar-refractivity contribution in [2.45, 2.75) is 56.2 Å². The van der Waals surface area contributed by atoms with Crippen LogP contribution in [-0.2, 0) is 14.3 Å². The largest absolute Gasteiger partial charge is 0.522 e. The van der Waals surface area contributed by atoms with Crippen molar-refractivity contribution in [1.29, 1.82) is 0 Å². The lowest BCUT2D eigenvalue weighted by atomic mass is 9.82. The molecule has 1 N–H and O–H groups in total. The summed E-state index contributed by atoms with van der Waals surface area (Å²) in [6, 6.07) is 2.67. The third-order valence-electron chi connectivity index (χ3n) is 5.38. The molecule has 2 aromatic rings. The van der Waals surface area contributed by atoms with E-state index in [2.05, 4.69) is 20.3 Å². The van der Waals surface area contributed by atoms with E-state index in [1.165, 1.54) is 6.07 Å². The number of nitrogens with one attached hydrogen (secondary N) is 1. The van der Waals surface area contributed by atoms with Crippen molar-refractivity contribution in [2.24, 2.45) is 0 Å². The highest BCUT2D eigenvalue weighted by atomic mass is 19.4. The van der Waals surface area contributed by atoms with Crippen LogP contribution in [0.15, 0.2) is 22.6 Å². The van der Waals surface area contributed by atoms with E-state index >= 15 is 0 Å². The molecule has 0 bridgehead atoms. The van der Waals surface area contributed by atoms with Crippen LogP contribution in [-0.4, -0.2) is 47.8 Å². The summed E-state index contributed by atoms with van der Waals surface area (Å²) in [5.74, 6) is -2.32. The molecule has 1 aliphatic heterocycles. The molecule has 33 heavy (non-hydrogen) atoms. The van der Waals surface area contributed by atoms with Crippen molar-refractivity contribution in [3.8, 4) is 5.75 Å². The number of nitrogens with zero attached hydrogens (tertiary/aromatic N) is 2. The molecule has 8 nitrogen and oxygen atoms in total. The Balaban J connectivity index is 1.18. The maximum absolute atomic E-state index is 13.2. The van der Waals surface area contributed by atoms with E-state index in [0.717, 1.165) is 12.1 Å². The fourth-order valence-corrected chi connectivity index (χ4v) is 3.64. The molecule has 1 saturated carbocycles. The van der Waals surface area contributed by atoms with Crippen LogP contribution in [0, 0.1) is 11.6 Å². The Bertz CT molecular complexity index is 971. The minimum absolute atomic E-state index is 0.0268. The van der Waals surface area contributed by atoms with Crippen molar-refractivity contribution in [3.05, 3.63) is 41.6 Å². The maximum Gasteiger partial charge on any atom is 0.522 e. The van der Waals surface area contributed by atoms with Crippen molar-refractivity contribution < 1.29 is 45.4 Å². The van der Waals surface area contributed by atoms with Gasteiger partial charge in [-0.3, -0.25) is 9.53 Å². The number of halogens is 5. The van der Waals surface area contributed by atoms with Gasteiger partial charge in [-0.25, -0.2) is 8.78 Å². The van der Waals surface area contributed by atoms with Gasteiger partial charge >= 0.3 is 6.36 Å². The molecule has 2 aliphatic rings. The second kappa shape index (κ2) is 9.59. The number of ether oxygens (including phenoxy) is 3. The monoisotopic (exact) mass is 477 g/mol. The minimum atomic E-state index is -4.66. The fraction of sp³-hybridized carbons (Fsp3) is 0.550. The van der Waals surface area contributed by atoms with E-state index in [-0.39, 0.29) is 55.5 Å². The van der Waals surface area contributed by atoms with Gasteiger partial charge < -0.3 is 19.2 Å². The second-order valence-corrected chi connectivity index (χ2v) is 7.86. The van der Waals surface area contributed by atoms with Gasteiger partial charge in [-0.1, -0.05) is 0 Å². The average Bonchev–Trinajstić information content (AvgIpc) is 3.21. The van der Waals surface area contributed by atoms with E-state index in [1.807, 2.05) is 0 Å². The van der Waals surface area contributed by atoms with Crippen LogP contribution in [0.3, 0.4) is 0 Å². The third kappa shape index (κ3) is 6.16.